The zero-order valence-electron chi connectivity index (χ0n) is 9.37. The zero-order chi connectivity index (χ0) is 11.3. The fourth-order valence-corrected chi connectivity index (χ4v) is 2.15. The molecule has 1 aromatic rings. The van der Waals surface area contributed by atoms with Crippen molar-refractivity contribution >= 4 is 24.6 Å². The molecule has 0 aromatic carbocycles. The van der Waals surface area contributed by atoms with Crippen LogP contribution in [0.1, 0.15) is 9.75 Å². The molecule has 0 saturated carbocycles. The second-order valence-corrected chi connectivity index (χ2v) is 4.60. The molecule has 0 aliphatic rings. The van der Waals surface area contributed by atoms with Crippen LogP contribution in [0.5, 0.6) is 0 Å². The van der Waals surface area contributed by atoms with Crippen molar-refractivity contribution in [2.75, 3.05) is 20.8 Å². The topological polar surface area (TPSA) is 30.5 Å². The molecule has 0 fully saturated rings. The Hall–Kier alpha value is -0.355. The van der Waals surface area contributed by atoms with Crippen LogP contribution in [0.25, 0.3) is 0 Å². The second-order valence-electron chi connectivity index (χ2n) is 3.26. The number of methoxy groups -OCH3 is 2. The fourth-order valence-electron chi connectivity index (χ4n) is 1.22. The van der Waals surface area contributed by atoms with Gasteiger partial charge in [-0.05, 0) is 11.8 Å². The molecule has 0 bridgehead atoms. The van der Waals surface area contributed by atoms with Crippen molar-refractivity contribution in [3.05, 3.63) is 15.8 Å². The molecule has 0 spiro atoms. The molecule has 0 aliphatic carbocycles. The van der Waals surface area contributed by atoms with Crippen molar-refractivity contribution in [1.29, 1.82) is 0 Å². The summed E-state index contributed by atoms with van der Waals surface area (Å²) in [5.41, 5.74) is 0.867. The molecule has 0 aliphatic heterocycles. The summed E-state index contributed by atoms with van der Waals surface area (Å²) in [7, 11) is 9.01. The first-order valence-electron chi connectivity index (χ1n) is 4.78. The van der Waals surface area contributed by atoms with Crippen LogP contribution in [0.15, 0.2) is 6.07 Å². The first kappa shape index (κ1) is 12.7. The molecule has 2 radical (unpaired) electrons. The summed E-state index contributed by atoms with van der Waals surface area (Å²) < 4.78 is 10.1. The normalized spacial score (nSPS) is 11.2. The van der Waals surface area contributed by atoms with E-state index in [1.165, 1.54) is 9.75 Å². The van der Waals surface area contributed by atoms with Crippen molar-refractivity contribution < 1.29 is 9.47 Å². The Bertz CT molecular complexity index is 280. The number of thiophene rings is 1. The molecule has 1 aromatic heterocycles. The van der Waals surface area contributed by atoms with Gasteiger partial charge in [-0.25, -0.2) is 0 Å². The van der Waals surface area contributed by atoms with Crippen LogP contribution >= 0.6 is 11.3 Å². The third kappa shape index (κ3) is 3.95. The van der Waals surface area contributed by atoms with Gasteiger partial charge in [0.1, 0.15) is 7.85 Å². The third-order valence-electron chi connectivity index (χ3n) is 2.14. The molecule has 0 unspecified atom stereocenters. The maximum atomic E-state index is 5.76. The molecule has 1 rings (SSSR count). The zero-order valence-corrected chi connectivity index (χ0v) is 10.2. The van der Waals surface area contributed by atoms with Crippen LogP contribution in [-0.2, 0) is 16.0 Å². The highest BCUT2D eigenvalue weighted by Crippen LogP contribution is 2.11. The molecule has 82 valence electrons. The number of hydrogen-bond donors (Lipinski definition) is 1. The van der Waals surface area contributed by atoms with Gasteiger partial charge in [0.2, 0.25) is 0 Å². The van der Waals surface area contributed by atoms with E-state index in [-0.39, 0.29) is 6.29 Å². The van der Waals surface area contributed by atoms with E-state index in [1.54, 1.807) is 25.6 Å². The van der Waals surface area contributed by atoms with Crippen LogP contribution in [0.2, 0.25) is 0 Å². The Morgan fingerprint density at radius 1 is 1.47 bits per heavy atom. The molecule has 0 amide bonds. The summed E-state index contributed by atoms with van der Waals surface area (Å²) in [4.78, 5) is 2.40. The highest BCUT2D eigenvalue weighted by Gasteiger charge is 2.05. The van der Waals surface area contributed by atoms with E-state index in [1.807, 2.05) is 13.0 Å². The van der Waals surface area contributed by atoms with Crippen LogP contribution in [0, 0.1) is 6.92 Å². The predicted octanol–water partition coefficient (Wildman–Crippen LogP) is 0.559. The molecular formula is C10H16BNO2S. The summed E-state index contributed by atoms with van der Waals surface area (Å²) >= 11 is 1.71. The molecule has 0 saturated heterocycles. The van der Waals surface area contributed by atoms with Crippen LogP contribution in [-0.4, -0.2) is 34.9 Å². The third-order valence-corrected chi connectivity index (χ3v) is 3.21. The number of aryl methyl sites for hydroxylation is 1. The Morgan fingerprint density at radius 3 is 2.60 bits per heavy atom. The number of nitrogens with one attached hydrogen (secondary N) is 1. The standard InChI is InChI=1S/C10H16BNO2S/c1-7-9(11)4-8(15-7)5-12-6-10(13-2)14-3/h4,10,12H,5-6H2,1-3H3. The predicted molar refractivity (Wildman–Crippen MR) is 64.0 cm³/mol. The summed E-state index contributed by atoms with van der Waals surface area (Å²) in [5.74, 6) is 0. The van der Waals surface area contributed by atoms with Crippen molar-refractivity contribution in [2.24, 2.45) is 0 Å². The van der Waals surface area contributed by atoms with E-state index >= 15 is 0 Å². The maximum Gasteiger partial charge on any atom is 0.169 e. The minimum absolute atomic E-state index is 0.191. The highest BCUT2D eigenvalue weighted by atomic mass is 32.1. The van der Waals surface area contributed by atoms with E-state index in [9.17, 15) is 0 Å². The van der Waals surface area contributed by atoms with Crippen LogP contribution < -0.4 is 10.8 Å². The maximum absolute atomic E-state index is 5.76. The molecular weight excluding hydrogens is 209 g/mol. The molecule has 1 heterocycles. The average molecular weight is 225 g/mol. The van der Waals surface area contributed by atoms with E-state index in [2.05, 4.69) is 5.32 Å². The van der Waals surface area contributed by atoms with Gasteiger partial charge in [-0.2, -0.15) is 0 Å². The monoisotopic (exact) mass is 225 g/mol. The molecule has 0 atom stereocenters. The minimum Gasteiger partial charge on any atom is -0.355 e. The van der Waals surface area contributed by atoms with Gasteiger partial charge < -0.3 is 14.8 Å². The van der Waals surface area contributed by atoms with Crippen molar-refractivity contribution in [3.63, 3.8) is 0 Å². The minimum atomic E-state index is -0.191. The molecule has 5 heteroatoms. The second kappa shape index (κ2) is 6.28. The number of ether oxygens (including phenoxy) is 2. The van der Waals surface area contributed by atoms with Gasteiger partial charge >= 0.3 is 0 Å². The van der Waals surface area contributed by atoms with Crippen LogP contribution in [0.4, 0.5) is 0 Å². The van der Waals surface area contributed by atoms with Gasteiger partial charge in [0.25, 0.3) is 0 Å². The Balaban J connectivity index is 2.31. The van der Waals surface area contributed by atoms with E-state index in [4.69, 9.17) is 17.3 Å². The Morgan fingerprint density at radius 2 is 2.13 bits per heavy atom. The summed E-state index contributed by atoms with van der Waals surface area (Å²) in [6.45, 7) is 3.49. The van der Waals surface area contributed by atoms with Crippen LogP contribution in [0.3, 0.4) is 0 Å². The smallest absolute Gasteiger partial charge is 0.169 e. The van der Waals surface area contributed by atoms with Crippen molar-refractivity contribution in [1.82, 2.24) is 5.32 Å². The van der Waals surface area contributed by atoms with E-state index in [0.29, 0.717) is 6.54 Å². The number of hydrogen-bond acceptors (Lipinski definition) is 4. The van der Waals surface area contributed by atoms with E-state index in [0.717, 1.165) is 12.0 Å². The largest absolute Gasteiger partial charge is 0.355 e. The lowest BCUT2D eigenvalue weighted by atomic mass is 9.97. The lowest BCUT2D eigenvalue weighted by Crippen LogP contribution is -2.29. The van der Waals surface area contributed by atoms with Crippen molar-refractivity contribution in [3.8, 4) is 0 Å². The lowest BCUT2D eigenvalue weighted by Gasteiger charge is -2.13. The highest BCUT2D eigenvalue weighted by molar-refractivity contribution is 7.13. The summed E-state index contributed by atoms with van der Waals surface area (Å²) in [6, 6.07) is 2.00. The summed E-state index contributed by atoms with van der Waals surface area (Å²) in [5, 5.41) is 3.25. The average Bonchev–Trinajstić information content (AvgIpc) is 2.53. The first-order chi connectivity index (χ1) is 7.17. The SMILES string of the molecule is [B]c1cc(CNCC(OC)OC)sc1C. The Kier molecular flexibility index (Phi) is 5.32. The summed E-state index contributed by atoms with van der Waals surface area (Å²) in [6.07, 6.45) is -0.191. The van der Waals surface area contributed by atoms with Gasteiger partial charge in [0.15, 0.2) is 6.29 Å². The van der Waals surface area contributed by atoms with Gasteiger partial charge in [-0.3, -0.25) is 0 Å². The van der Waals surface area contributed by atoms with Gasteiger partial charge in [0, 0.05) is 32.2 Å². The van der Waals surface area contributed by atoms with Crippen molar-refractivity contribution in [2.45, 2.75) is 19.8 Å². The first-order valence-corrected chi connectivity index (χ1v) is 5.60. The molecule has 15 heavy (non-hydrogen) atoms. The molecule has 3 nitrogen and oxygen atoms in total. The Labute approximate surface area is 96.2 Å². The lowest BCUT2D eigenvalue weighted by molar-refractivity contribution is -0.0988. The molecule has 1 N–H and O–H groups in total. The van der Waals surface area contributed by atoms with Gasteiger partial charge in [-0.1, -0.05) is 11.5 Å². The van der Waals surface area contributed by atoms with E-state index < -0.39 is 0 Å². The van der Waals surface area contributed by atoms with Gasteiger partial charge in [0.05, 0.1) is 0 Å². The quantitative estimate of drug-likeness (QED) is 0.566. The fraction of sp³-hybridized carbons (Fsp3) is 0.600. The number of rotatable bonds is 6. The van der Waals surface area contributed by atoms with Gasteiger partial charge in [-0.15, -0.1) is 11.3 Å².